The number of ether oxygens (including phenoxy) is 1. The maximum atomic E-state index is 12.5. The van der Waals surface area contributed by atoms with E-state index in [1.54, 1.807) is 43.5 Å². The molecule has 1 heterocycles. The number of benzene rings is 2. The zero-order valence-corrected chi connectivity index (χ0v) is 19.5. The molecule has 0 bridgehead atoms. The number of nitrogens with zero attached hydrogens (tertiary/aromatic N) is 2. The monoisotopic (exact) mass is 475 g/mol. The molecule has 2 aromatic carbocycles. The third-order valence-corrected chi connectivity index (χ3v) is 7.51. The van der Waals surface area contributed by atoms with Crippen LogP contribution in [-0.4, -0.2) is 44.3 Å². The van der Waals surface area contributed by atoms with Gasteiger partial charge >= 0.3 is 0 Å². The van der Waals surface area contributed by atoms with Crippen molar-refractivity contribution in [1.82, 2.24) is 4.57 Å². The van der Waals surface area contributed by atoms with E-state index in [1.807, 2.05) is 16.7 Å². The van der Waals surface area contributed by atoms with E-state index in [4.69, 9.17) is 4.74 Å². The number of aromatic nitrogens is 1. The van der Waals surface area contributed by atoms with Gasteiger partial charge in [-0.3, -0.25) is 9.59 Å². The van der Waals surface area contributed by atoms with Gasteiger partial charge in [0.15, 0.2) is 14.6 Å². The number of fused-ring (bicyclic) bond motifs is 1. The minimum Gasteiger partial charge on any atom is -0.383 e. The molecule has 10 heteroatoms. The molecule has 1 aromatic heterocycles. The Bertz CT molecular complexity index is 1280. The first-order valence-electron chi connectivity index (χ1n) is 10.1. The van der Waals surface area contributed by atoms with Gasteiger partial charge in [-0.2, -0.15) is 4.99 Å². The van der Waals surface area contributed by atoms with E-state index >= 15 is 0 Å². The van der Waals surface area contributed by atoms with Crippen LogP contribution in [0, 0.1) is 0 Å². The first-order chi connectivity index (χ1) is 15.3. The molecule has 0 aliphatic rings. The van der Waals surface area contributed by atoms with Crippen LogP contribution in [0.15, 0.2) is 58.4 Å². The Kier molecular flexibility index (Phi) is 7.94. The normalized spacial score (nSPS) is 12.2. The maximum absolute atomic E-state index is 12.5. The van der Waals surface area contributed by atoms with Crippen molar-refractivity contribution in [2.24, 2.45) is 4.99 Å². The number of methoxy groups -OCH3 is 1. The molecular weight excluding hydrogens is 450 g/mol. The van der Waals surface area contributed by atoms with Crippen molar-refractivity contribution in [1.29, 1.82) is 0 Å². The molecule has 3 aromatic rings. The Morgan fingerprint density at radius 3 is 2.59 bits per heavy atom. The van der Waals surface area contributed by atoms with Crippen molar-refractivity contribution in [3.05, 3.63) is 53.3 Å². The largest absolute Gasteiger partial charge is 0.383 e. The van der Waals surface area contributed by atoms with Crippen molar-refractivity contribution < 1.29 is 22.7 Å². The molecule has 0 unspecified atom stereocenters. The van der Waals surface area contributed by atoms with Gasteiger partial charge in [0, 0.05) is 32.7 Å². The summed E-state index contributed by atoms with van der Waals surface area (Å²) in [5.41, 5.74) is 1.54. The van der Waals surface area contributed by atoms with Crippen molar-refractivity contribution in [3.8, 4) is 0 Å². The third-order valence-electron chi connectivity index (χ3n) is 4.65. The molecule has 0 aliphatic heterocycles. The van der Waals surface area contributed by atoms with Gasteiger partial charge in [-0.1, -0.05) is 29.5 Å². The lowest BCUT2D eigenvalue weighted by molar-refractivity contribution is -0.118. The van der Waals surface area contributed by atoms with Crippen LogP contribution in [0.1, 0.15) is 19.8 Å². The summed E-state index contributed by atoms with van der Waals surface area (Å²) in [6.45, 7) is 2.38. The Hall–Kier alpha value is -2.82. The highest BCUT2D eigenvalue weighted by Gasteiger charge is 2.15. The summed E-state index contributed by atoms with van der Waals surface area (Å²) in [7, 11) is -1.84. The molecule has 3 rings (SSSR count). The number of amides is 2. The van der Waals surface area contributed by atoms with E-state index in [0.29, 0.717) is 23.6 Å². The van der Waals surface area contributed by atoms with Gasteiger partial charge in [-0.05, 0) is 36.8 Å². The number of anilines is 1. The predicted octanol–water partition coefficient (Wildman–Crippen LogP) is 2.99. The highest BCUT2D eigenvalue weighted by atomic mass is 32.2. The number of sulfone groups is 1. The Labute approximate surface area is 190 Å². The average Bonchev–Trinajstić information content (AvgIpc) is 3.08. The van der Waals surface area contributed by atoms with E-state index in [2.05, 4.69) is 10.3 Å². The summed E-state index contributed by atoms with van der Waals surface area (Å²) < 4.78 is 32.7. The molecule has 0 saturated heterocycles. The van der Waals surface area contributed by atoms with Crippen molar-refractivity contribution in [2.75, 3.05) is 24.8 Å². The molecule has 0 spiro atoms. The molecule has 0 fully saturated rings. The van der Waals surface area contributed by atoms with Crippen LogP contribution in [-0.2, 0) is 30.7 Å². The number of carbonyl (C=O) groups is 2. The van der Waals surface area contributed by atoms with Gasteiger partial charge in [0.2, 0.25) is 11.8 Å². The second-order valence-electron chi connectivity index (χ2n) is 7.13. The highest BCUT2D eigenvalue weighted by molar-refractivity contribution is 7.91. The fourth-order valence-electron chi connectivity index (χ4n) is 3.16. The second-order valence-corrected chi connectivity index (χ2v) is 10.3. The number of hydrogen-bond acceptors (Lipinski definition) is 6. The summed E-state index contributed by atoms with van der Waals surface area (Å²) in [5.74, 6) is -0.666. The van der Waals surface area contributed by atoms with Crippen LogP contribution in [0.25, 0.3) is 10.2 Å². The van der Waals surface area contributed by atoms with Gasteiger partial charge in [0.1, 0.15) is 0 Å². The number of carbonyl (C=O) groups excluding carboxylic acids is 2. The zero-order chi connectivity index (χ0) is 23.1. The smallest absolute Gasteiger partial charge is 0.248 e. The number of thiazole rings is 1. The van der Waals surface area contributed by atoms with Crippen LogP contribution < -0.4 is 10.1 Å². The van der Waals surface area contributed by atoms with E-state index in [9.17, 15) is 18.0 Å². The van der Waals surface area contributed by atoms with Crippen LogP contribution in [0.5, 0.6) is 0 Å². The summed E-state index contributed by atoms with van der Waals surface area (Å²) in [6, 6.07) is 13.7. The second kappa shape index (κ2) is 10.7. The fraction of sp³-hybridized carbons (Fsp3) is 0.318. The number of rotatable bonds is 9. The number of nitrogens with one attached hydrogen (secondary N) is 1. The Morgan fingerprint density at radius 2 is 1.91 bits per heavy atom. The fourth-order valence-corrected chi connectivity index (χ4v) is 5.60. The lowest BCUT2D eigenvalue weighted by Crippen LogP contribution is -2.19. The maximum Gasteiger partial charge on any atom is 0.248 e. The molecule has 2 amide bonds. The molecule has 170 valence electrons. The molecule has 0 radical (unpaired) electrons. The minimum absolute atomic E-state index is 0.0295. The van der Waals surface area contributed by atoms with E-state index < -0.39 is 9.84 Å². The molecule has 0 aliphatic carbocycles. The van der Waals surface area contributed by atoms with Crippen LogP contribution in [0.3, 0.4) is 0 Å². The van der Waals surface area contributed by atoms with Crippen LogP contribution in [0.2, 0.25) is 0 Å². The lowest BCUT2D eigenvalue weighted by atomic mass is 10.3. The molecule has 0 saturated carbocycles. The standard InChI is InChI=1S/C22H25N3O5S2/c1-16(26)23-17-10-11-19-20(15-17)31-22(25(19)12-13-30-2)24-21(27)9-6-14-32(28,29)18-7-4-3-5-8-18/h3-5,7-8,10-11,15H,6,9,12-14H2,1-2H3,(H,23,26). The quantitative estimate of drug-likeness (QED) is 0.512. The van der Waals surface area contributed by atoms with Gasteiger partial charge < -0.3 is 14.6 Å². The van der Waals surface area contributed by atoms with Gasteiger partial charge in [0.25, 0.3) is 0 Å². The predicted molar refractivity (Wildman–Crippen MR) is 124 cm³/mol. The molecule has 32 heavy (non-hydrogen) atoms. The molecule has 1 N–H and O–H groups in total. The summed E-state index contributed by atoms with van der Waals surface area (Å²) in [6.07, 6.45) is 0.219. The molecule has 8 nitrogen and oxygen atoms in total. The summed E-state index contributed by atoms with van der Waals surface area (Å²) in [5, 5.41) is 2.74. The van der Waals surface area contributed by atoms with E-state index in [0.717, 1.165) is 10.2 Å². The molecular formula is C22H25N3O5S2. The van der Waals surface area contributed by atoms with Gasteiger partial charge in [-0.25, -0.2) is 8.42 Å². The van der Waals surface area contributed by atoms with E-state index in [1.165, 1.54) is 18.3 Å². The van der Waals surface area contributed by atoms with Crippen LogP contribution in [0.4, 0.5) is 5.69 Å². The highest BCUT2D eigenvalue weighted by Crippen LogP contribution is 2.22. The lowest BCUT2D eigenvalue weighted by Gasteiger charge is -2.06. The topological polar surface area (TPSA) is 107 Å². The SMILES string of the molecule is COCCn1c(=NC(=O)CCCS(=O)(=O)c2ccccc2)sc2cc(NC(C)=O)ccc21. The van der Waals surface area contributed by atoms with Crippen molar-refractivity contribution in [3.63, 3.8) is 0 Å². The first-order valence-corrected chi connectivity index (χ1v) is 12.5. The number of hydrogen-bond donors (Lipinski definition) is 1. The Balaban J connectivity index is 1.79. The van der Waals surface area contributed by atoms with Gasteiger partial charge in [0.05, 0.1) is 27.5 Å². The molecule has 0 atom stereocenters. The minimum atomic E-state index is -3.43. The van der Waals surface area contributed by atoms with Crippen LogP contribution >= 0.6 is 11.3 Å². The third kappa shape index (κ3) is 6.12. The summed E-state index contributed by atoms with van der Waals surface area (Å²) >= 11 is 1.33. The average molecular weight is 476 g/mol. The van der Waals surface area contributed by atoms with Crippen molar-refractivity contribution >= 4 is 48.9 Å². The Morgan fingerprint density at radius 1 is 1.16 bits per heavy atom. The first kappa shape index (κ1) is 23.8. The summed E-state index contributed by atoms with van der Waals surface area (Å²) in [4.78, 5) is 28.8. The van der Waals surface area contributed by atoms with E-state index in [-0.39, 0.29) is 35.3 Å². The zero-order valence-electron chi connectivity index (χ0n) is 17.9. The van der Waals surface area contributed by atoms with Crippen molar-refractivity contribution in [2.45, 2.75) is 31.2 Å². The van der Waals surface area contributed by atoms with Gasteiger partial charge in [-0.15, -0.1) is 0 Å².